The van der Waals surface area contributed by atoms with E-state index in [1.807, 2.05) is 0 Å². The first-order chi connectivity index (χ1) is 8.06. The number of rotatable bonds is 4. The lowest BCUT2D eigenvalue weighted by molar-refractivity contribution is -0.151. The van der Waals surface area contributed by atoms with E-state index in [9.17, 15) is 13.6 Å². The molecule has 0 atom stereocenters. The molecule has 1 aromatic rings. The summed E-state index contributed by atoms with van der Waals surface area (Å²) in [4.78, 5) is 10.5. The van der Waals surface area contributed by atoms with Crippen LogP contribution < -0.4 is 0 Å². The van der Waals surface area contributed by atoms with E-state index in [2.05, 4.69) is 0 Å². The van der Waals surface area contributed by atoms with Crippen molar-refractivity contribution in [3.63, 3.8) is 0 Å². The highest BCUT2D eigenvalue weighted by Crippen LogP contribution is 2.31. The zero-order chi connectivity index (χ0) is 12.4. The van der Waals surface area contributed by atoms with Gasteiger partial charge in [-0.3, -0.25) is 4.79 Å². The van der Waals surface area contributed by atoms with Crippen LogP contribution in [0.4, 0.5) is 8.78 Å². The minimum atomic E-state index is -0.821. The molecule has 5 heteroatoms. The number of hydrogen-bond acceptors (Lipinski definition) is 2. The summed E-state index contributed by atoms with van der Waals surface area (Å²) in [6, 6.07) is 3.31. The van der Waals surface area contributed by atoms with Crippen molar-refractivity contribution in [2.75, 3.05) is 0 Å². The van der Waals surface area contributed by atoms with Crippen LogP contribution in [-0.2, 0) is 16.1 Å². The van der Waals surface area contributed by atoms with Crippen molar-refractivity contribution in [2.24, 2.45) is 5.92 Å². The van der Waals surface area contributed by atoms with Gasteiger partial charge in [0.1, 0.15) is 11.6 Å². The van der Waals surface area contributed by atoms with Crippen molar-refractivity contribution in [2.45, 2.75) is 25.6 Å². The van der Waals surface area contributed by atoms with Gasteiger partial charge in [0.2, 0.25) is 0 Å². The Morgan fingerprint density at radius 1 is 1.41 bits per heavy atom. The molecule has 0 radical (unpaired) electrons. The Kier molecular flexibility index (Phi) is 3.38. The van der Waals surface area contributed by atoms with Gasteiger partial charge in [0.15, 0.2) is 0 Å². The van der Waals surface area contributed by atoms with Crippen molar-refractivity contribution < 1.29 is 23.4 Å². The fourth-order valence-electron chi connectivity index (χ4n) is 1.75. The largest absolute Gasteiger partial charge is 0.481 e. The highest BCUT2D eigenvalue weighted by molar-refractivity contribution is 5.71. The van der Waals surface area contributed by atoms with Crippen LogP contribution in [0.1, 0.15) is 18.4 Å². The van der Waals surface area contributed by atoms with Gasteiger partial charge in [0, 0.05) is 11.6 Å². The van der Waals surface area contributed by atoms with Gasteiger partial charge in [0.05, 0.1) is 18.6 Å². The predicted molar refractivity (Wildman–Crippen MR) is 55.3 cm³/mol. The summed E-state index contributed by atoms with van der Waals surface area (Å²) >= 11 is 0. The van der Waals surface area contributed by atoms with Crippen molar-refractivity contribution in [1.82, 2.24) is 0 Å². The Bertz CT molecular complexity index is 428. The van der Waals surface area contributed by atoms with Gasteiger partial charge in [0.25, 0.3) is 0 Å². The summed E-state index contributed by atoms with van der Waals surface area (Å²) in [7, 11) is 0. The monoisotopic (exact) mass is 242 g/mol. The molecule has 17 heavy (non-hydrogen) atoms. The summed E-state index contributed by atoms with van der Waals surface area (Å²) in [5.41, 5.74) is 0.283. The van der Waals surface area contributed by atoms with E-state index >= 15 is 0 Å². The standard InChI is InChI=1S/C12H12F2O3/c13-9-2-1-7(11(14)5-9)6-17-10-3-8(4-10)12(15)16/h1-2,5,8,10H,3-4,6H2,(H,15,16)/t8-,10-. The first-order valence-corrected chi connectivity index (χ1v) is 5.34. The highest BCUT2D eigenvalue weighted by Gasteiger charge is 2.35. The fraction of sp³-hybridized carbons (Fsp3) is 0.417. The quantitative estimate of drug-likeness (QED) is 0.881. The smallest absolute Gasteiger partial charge is 0.306 e. The number of ether oxygens (including phenoxy) is 1. The Morgan fingerprint density at radius 3 is 2.71 bits per heavy atom. The molecule has 0 unspecified atom stereocenters. The van der Waals surface area contributed by atoms with Crippen LogP contribution in [0.25, 0.3) is 0 Å². The molecule has 0 saturated heterocycles. The molecule has 3 nitrogen and oxygen atoms in total. The number of carboxylic acid groups (broad SMARTS) is 1. The van der Waals surface area contributed by atoms with E-state index in [1.165, 1.54) is 12.1 Å². The number of halogens is 2. The van der Waals surface area contributed by atoms with Crippen LogP contribution >= 0.6 is 0 Å². The molecule has 92 valence electrons. The summed E-state index contributed by atoms with van der Waals surface area (Å²) in [6.45, 7) is 0.0448. The summed E-state index contributed by atoms with van der Waals surface area (Å²) in [5.74, 6) is -2.43. The second-order valence-electron chi connectivity index (χ2n) is 4.18. The fourth-order valence-corrected chi connectivity index (χ4v) is 1.75. The molecule has 1 saturated carbocycles. The Hall–Kier alpha value is -1.49. The zero-order valence-electron chi connectivity index (χ0n) is 9.03. The molecule has 1 fully saturated rings. The maximum Gasteiger partial charge on any atom is 0.306 e. The van der Waals surface area contributed by atoms with Crippen LogP contribution in [-0.4, -0.2) is 17.2 Å². The third-order valence-corrected chi connectivity index (χ3v) is 2.93. The maximum atomic E-state index is 13.2. The molecule has 0 amide bonds. The van der Waals surface area contributed by atoms with Crippen molar-refractivity contribution >= 4 is 5.97 Å². The lowest BCUT2D eigenvalue weighted by atomic mass is 9.82. The molecule has 1 aliphatic carbocycles. The Labute approximate surface area is 97.0 Å². The topological polar surface area (TPSA) is 46.5 Å². The Balaban J connectivity index is 1.81. The average molecular weight is 242 g/mol. The van der Waals surface area contributed by atoms with E-state index in [4.69, 9.17) is 9.84 Å². The van der Waals surface area contributed by atoms with Crippen molar-refractivity contribution in [1.29, 1.82) is 0 Å². The molecule has 0 aliphatic heterocycles. The van der Waals surface area contributed by atoms with Crippen LogP contribution in [0.3, 0.4) is 0 Å². The van der Waals surface area contributed by atoms with Gasteiger partial charge in [-0.2, -0.15) is 0 Å². The molecule has 1 N–H and O–H groups in total. The van der Waals surface area contributed by atoms with Crippen molar-refractivity contribution in [3.8, 4) is 0 Å². The van der Waals surface area contributed by atoms with Crippen LogP contribution in [0.15, 0.2) is 18.2 Å². The lowest BCUT2D eigenvalue weighted by Gasteiger charge is -2.32. The Morgan fingerprint density at radius 2 is 2.12 bits per heavy atom. The summed E-state index contributed by atoms with van der Waals surface area (Å²) in [5, 5.41) is 8.65. The molecular formula is C12H12F2O3. The zero-order valence-corrected chi connectivity index (χ0v) is 9.03. The van der Waals surface area contributed by atoms with Crippen LogP contribution in [0.5, 0.6) is 0 Å². The maximum absolute atomic E-state index is 13.2. The first kappa shape index (κ1) is 12.0. The minimum absolute atomic E-state index is 0.0448. The molecule has 0 aromatic heterocycles. The molecule has 1 aromatic carbocycles. The number of carbonyl (C=O) groups is 1. The number of hydrogen-bond donors (Lipinski definition) is 1. The molecule has 0 heterocycles. The highest BCUT2D eigenvalue weighted by atomic mass is 19.1. The predicted octanol–water partition coefficient (Wildman–Crippen LogP) is 2.34. The first-order valence-electron chi connectivity index (χ1n) is 5.34. The third-order valence-electron chi connectivity index (χ3n) is 2.93. The third kappa shape index (κ3) is 2.79. The van der Waals surface area contributed by atoms with Gasteiger partial charge in [-0.1, -0.05) is 6.07 Å². The van der Waals surface area contributed by atoms with E-state index < -0.39 is 17.6 Å². The van der Waals surface area contributed by atoms with Gasteiger partial charge in [-0.15, -0.1) is 0 Å². The van der Waals surface area contributed by atoms with Crippen LogP contribution in [0, 0.1) is 17.6 Å². The van der Waals surface area contributed by atoms with E-state index in [0.717, 1.165) is 6.07 Å². The second-order valence-corrected chi connectivity index (χ2v) is 4.18. The molecule has 2 rings (SSSR count). The van der Waals surface area contributed by atoms with E-state index in [-0.39, 0.29) is 24.2 Å². The van der Waals surface area contributed by atoms with E-state index in [0.29, 0.717) is 12.8 Å². The van der Waals surface area contributed by atoms with E-state index in [1.54, 1.807) is 0 Å². The lowest BCUT2D eigenvalue weighted by Crippen LogP contribution is -2.36. The normalized spacial score (nSPS) is 23.2. The molecular weight excluding hydrogens is 230 g/mol. The summed E-state index contributed by atoms with van der Waals surface area (Å²) in [6.07, 6.45) is 0.775. The number of carboxylic acids is 1. The minimum Gasteiger partial charge on any atom is -0.481 e. The second kappa shape index (κ2) is 4.79. The van der Waals surface area contributed by atoms with Gasteiger partial charge in [-0.05, 0) is 18.9 Å². The number of aliphatic carboxylic acids is 1. The van der Waals surface area contributed by atoms with Crippen LogP contribution in [0.2, 0.25) is 0 Å². The average Bonchev–Trinajstić information content (AvgIpc) is 2.17. The molecule has 0 bridgehead atoms. The van der Waals surface area contributed by atoms with Gasteiger partial charge < -0.3 is 9.84 Å². The van der Waals surface area contributed by atoms with Gasteiger partial charge in [-0.25, -0.2) is 8.78 Å². The number of benzene rings is 1. The van der Waals surface area contributed by atoms with Crippen molar-refractivity contribution in [3.05, 3.63) is 35.4 Å². The van der Waals surface area contributed by atoms with Gasteiger partial charge >= 0.3 is 5.97 Å². The SMILES string of the molecule is O=C(O)[C@H]1C[C@H](OCc2ccc(F)cc2F)C1. The summed E-state index contributed by atoms with van der Waals surface area (Å²) < 4.78 is 31.2. The molecule has 1 aliphatic rings. The molecule has 0 spiro atoms.